The Kier molecular flexibility index (Phi) is 6.59. The summed E-state index contributed by atoms with van der Waals surface area (Å²) in [6, 6.07) is 10.6. The Hall–Kier alpha value is -3.23. The molecule has 8 nitrogen and oxygen atoms in total. The summed E-state index contributed by atoms with van der Waals surface area (Å²) in [5, 5.41) is 10.5. The molecule has 0 saturated carbocycles. The minimum absolute atomic E-state index is 0.0456. The highest BCUT2D eigenvalue weighted by Gasteiger charge is 2.27. The number of benzene rings is 1. The third-order valence-electron chi connectivity index (χ3n) is 5.06. The number of amides is 1. The van der Waals surface area contributed by atoms with Crippen molar-refractivity contribution in [3.63, 3.8) is 0 Å². The van der Waals surface area contributed by atoms with Crippen molar-refractivity contribution < 1.29 is 14.3 Å². The van der Waals surface area contributed by atoms with E-state index < -0.39 is 0 Å². The van der Waals surface area contributed by atoms with Gasteiger partial charge in [-0.2, -0.15) is 5.10 Å². The lowest BCUT2D eigenvalue weighted by Crippen LogP contribution is -2.25. The molecule has 1 aromatic carbocycles. The summed E-state index contributed by atoms with van der Waals surface area (Å²) in [6.07, 6.45) is 5.38. The van der Waals surface area contributed by atoms with Crippen molar-refractivity contribution in [1.29, 1.82) is 0 Å². The van der Waals surface area contributed by atoms with Crippen molar-refractivity contribution in [2.24, 2.45) is 0 Å². The molecule has 2 aromatic heterocycles. The molecule has 2 N–H and O–H groups in total. The van der Waals surface area contributed by atoms with E-state index in [0.717, 1.165) is 36.3 Å². The molecule has 1 aliphatic rings. The lowest BCUT2D eigenvalue weighted by Gasteiger charge is -2.21. The Labute approximate surface area is 184 Å². The highest BCUT2D eigenvalue weighted by molar-refractivity contribution is 6.30. The van der Waals surface area contributed by atoms with Crippen LogP contribution in [0.3, 0.4) is 0 Å². The molecule has 1 unspecified atom stereocenters. The van der Waals surface area contributed by atoms with Gasteiger partial charge in [0.25, 0.3) is 5.91 Å². The average molecular weight is 440 g/mol. The monoisotopic (exact) mass is 439 g/mol. The maximum Gasteiger partial charge on any atom is 0.257 e. The minimum atomic E-state index is -0.265. The number of pyridine rings is 1. The number of aldehydes is 1. The van der Waals surface area contributed by atoms with Gasteiger partial charge in [0.2, 0.25) is 0 Å². The minimum Gasteiger partial charge on any atom is -0.376 e. The number of halogens is 1. The summed E-state index contributed by atoms with van der Waals surface area (Å²) < 4.78 is 5.77. The fraction of sp³-hybridized carbons (Fsp3) is 0.273. The van der Waals surface area contributed by atoms with Crippen LogP contribution in [0.15, 0.2) is 48.8 Å². The van der Waals surface area contributed by atoms with Crippen molar-refractivity contribution in [2.45, 2.75) is 18.9 Å². The zero-order valence-electron chi connectivity index (χ0n) is 16.8. The molecule has 1 saturated heterocycles. The van der Waals surface area contributed by atoms with E-state index in [1.54, 1.807) is 36.7 Å². The third-order valence-corrected chi connectivity index (χ3v) is 5.31. The summed E-state index contributed by atoms with van der Waals surface area (Å²) >= 11 is 5.91. The summed E-state index contributed by atoms with van der Waals surface area (Å²) in [5.74, 6) is 0.493. The number of hydrogen-bond donors (Lipinski definition) is 2. The van der Waals surface area contributed by atoms with Crippen LogP contribution in [0, 0.1) is 0 Å². The Morgan fingerprint density at radius 3 is 2.90 bits per heavy atom. The SMILES string of the molecule is O=CCCOC1CCN(c2ncc(C(=O)Nc3ccc(Cl)cc3)cc2-c2ccn[nH]2)C1. The first-order valence-corrected chi connectivity index (χ1v) is 10.4. The van der Waals surface area contributed by atoms with Gasteiger partial charge in [0.05, 0.1) is 24.0 Å². The second-order valence-corrected chi connectivity index (χ2v) is 7.65. The maximum atomic E-state index is 12.8. The summed E-state index contributed by atoms with van der Waals surface area (Å²) in [5.41, 5.74) is 2.64. The fourth-order valence-electron chi connectivity index (χ4n) is 3.51. The van der Waals surface area contributed by atoms with E-state index in [0.29, 0.717) is 35.8 Å². The molecule has 1 atom stereocenters. The van der Waals surface area contributed by atoms with Crippen molar-refractivity contribution in [1.82, 2.24) is 15.2 Å². The van der Waals surface area contributed by atoms with Crippen LogP contribution in [0.25, 0.3) is 11.3 Å². The molecular weight excluding hydrogens is 418 g/mol. The number of nitrogens with one attached hydrogen (secondary N) is 2. The third kappa shape index (κ3) is 5.10. The number of rotatable bonds is 8. The molecule has 31 heavy (non-hydrogen) atoms. The van der Waals surface area contributed by atoms with Gasteiger partial charge in [-0.1, -0.05) is 11.6 Å². The van der Waals surface area contributed by atoms with Gasteiger partial charge >= 0.3 is 0 Å². The topological polar surface area (TPSA) is 100 Å². The molecule has 4 rings (SSSR count). The first-order chi connectivity index (χ1) is 15.1. The van der Waals surface area contributed by atoms with E-state index >= 15 is 0 Å². The van der Waals surface area contributed by atoms with E-state index in [2.05, 4.69) is 25.4 Å². The van der Waals surface area contributed by atoms with E-state index in [4.69, 9.17) is 16.3 Å². The predicted octanol–water partition coefficient (Wildman–Crippen LogP) is 3.56. The Balaban J connectivity index is 1.55. The molecule has 1 fully saturated rings. The highest BCUT2D eigenvalue weighted by Crippen LogP contribution is 2.31. The van der Waals surface area contributed by atoms with E-state index in [9.17, 15) is 9.59 Å². The summed E-state index contributed by atoms with van der Waals surface area (Å²) in [6.45, 7) is 1.87. The van der Waals surface area contributed by atoms with E-state index in [-0.39, 0.29) is 12.0 Å². The van der Waals surface area contributed by atoms with Crippen LogP contribution >= 0.6 is 11.6 Å². The van der Waals surface area contributed by atoms with Crippen LogP contribution in [0.2, 0.25) is 5.02 Å². The molecular formula is C22H22ClN5O3. The van der Waals surface area contributed by atoms with Gasteiger partial charge in [-0.3, -0.25) is 9.89 Å². The fourth-order valence-corrected chi connectivity index (χ4v) is 3.64. The smallest absolute Gasteiger partial charge is 0.257 e. The lowest BCUT2D eigenvalue weighted by molar-refractivity contribution is -0.109. The molecule has 3 aromatic rings. The van der Waals surface area contributed by atoms with E-state index in [1.165, 1.54) is 0 Å². The van der Waals surface area contributed by atoms with Gasteiger partial charge < -0.3 is 19.7 Å². The normalized spacial score (nSPS) is 15.8. The quantitative estimate of drug-likeness (QED) is 0.411. The van der Waals surface area contributed by atoms with Gasteiger partial charge in [0, 0.05) is 48.2 Å². The van der Waals surface area contributed by atoms with Crippen molar-refractivity contribution in [3.8, 4) is 11.3 Å². The lowest BCUT2D eigenvalue weighted by atomic mass is 10.1. The van der Waals surface area contributed by atoms with Gasteiger partial charge in [-0.15, -0.1) is 0 Å². The average Bonchev–Trinajstić information content (AvgIpc) is 3.47. The van der Waals surface area contributed by atoms with Crippen LogP contribution in [-0.2, 0) is 9.53 Å². The molecule has 3 heterocycles. The molecule has 1 amide bonds. The first-order valence-electron chi connectivity index (χ1n) is 10.0. The summed E-state index contributed by atoms with van der Waals surface area (Å²) in [7, 11) is 0. The number of hydrogen-bond acceptors (Lipinski definition) is 6. The first kappa shape index (κ1) is 21.0. The van der Waals surface area contributed by atoms with Gasteiger partial charge in [-0.05, 0) is 42.8 Å². The standard InChI is InChI=1S/C22H22ClN5O3/c23-16-2-4-17(5-3-16)26-22(30)15-12-19(20-6-8-25-27-20)21(24-13-15)28-9-7-18(14-28)31-11-1-10-29/h2-6,8,10,12-13,18H,1,7,9,11,14H2,(H,25,27)(H,26,30). The van der Waals surface area contributed by atoms with Gasteiger partial charge in [0.1, 0.15) is 12.1 Å². The predicted molar refractivity (Wildman–Crippen MR) is 118 cm³/mol. The molecule has 1 aliphatic heterocycles. The van der Waals surface area contributed by atoms with Crippen molar-refractivity contribution in [3.05, 3.63) is 59.4 Å². The number of nitrogens with zero attached hydrogens (tertiary/aromatic N) is 3. The molecule has 0 radical (unpaired) electrons. The van der Waals surface area contributed by atoms with Crippen LogP contribution in [0.4, 0.5) is 11.5 Å². The number of carbonyl (C=O) groups is 2. The zero-order valence-corrected chi connectivity index (χ0v) is 17.5. The molecule has 9 heteroatoms. The second-order valence-electron chi connectivity index (χ2n) is 7.21. The molecule has 160 valence electrons. The van der Waals surface area contributed by atoms with Crippen LogP contribution in [0.1, 0.15) is 23.2 Å². The van der Waals surface area contributed by atoms with E-state index in [1.807, 2.05) is 12.1 Å². The molecule has 0 spiro atoms. The number of H-pyrrole nitrogens is 1. The number of ether oxygens (including phenoxy) is 1. The maximum absolute atomic E-state index is 12.8. The Morgan fingerprint density at radius 1 is 1.32 bits per heavy atom. The number of carbonyl (C=O) groups excluding carboxylic acids is 2. The van der Waals surface area contributed by atoms with Crippen molar-refractivity contribution in [2.75, 3.05) is 29.9 Å². The Bertz CT molecular complexity index is 1040. The molecule has 0 aliphatic carbocycles. The van der Waals surface area contributed by atoms with Gasteiger partial charge in [0.15, 0.2) is 0 Å². The zero-order chi connectivity index (χ0) is 21.6. The largest absolute Gasteiger partial charge is 0.376 e. The highest BCUT2D eigenvalue weighted by atomic mass is 35.5. The number of anilines is 2. The van der Waals surface area contributed by atoms with Crippen LogP contribution in [-0.4, -0.2) is 53.2 Å². The molecule has 0 bridgehead atoms. The number of aromatic nitrogens is 3. The second kappa shape index (κ2) is 9.72. The number of aromatic amines is 1. The van der Waals surface area contributed by atoms with Crippen LogP contribution in [0.5, 0.6) is 0 Å². The van der Waals surface area contributed by atoms with Gasteiger partial charge in [-0.25, -0.2) is 4.98 Å². The van der Waals surface area contributed by atoms with Crippen molar-refractivity contribution >= 4 is 35.3 Å². The summed E-state index contributed by atoms with van der Waals surface area (Å²) in [4.78, 5) is 30.0. The Morgan fingerprint density at radius 2 is 2.16 bits per heavy atom. The van der Waals surface area contributed by atoms with Crippen LogP contribution < -0.4 is 10.2 Å².